The van der Waals surface area contributed by atoms with E-state index < -0.39 is 0 Å². The Labute approximate surface area is 94.9 Å². The average Bonchev–Trinajstić information content (AvgIpc) is 2.78. The first-order valence-electron chi connectivity index (χ1n) is 5.26. The molecule has 2 aromatic rings. The van der Waals surface area contributed by atoms with Crippen LogP contribution in [0.4, 0.5) is 0 Å². The third kappa shape index (κ3) is 1.82. The van der Waals surface area contributed by atoms with Crippen LogP contribution in [-0.4, -0.2) is 9.78 Å². The highest BCUT2D eigenvalue weighted by Crippen LogP contribution is 2.17. The van der Waals surface area contributed by atoms with Crippen LogP contribution in [0, 0.1) is 11.3 Å². The molecule has 1 aromatic carbocycles. The van der Waals surface area contributed by atoms with Gasteiger partial charge in [0.1, 0.15) is 6.07 Å². The molecule has 3 heteroatoms. The number of hydrogen-bond acceptors (Lipinski definition) is 2. The van der Waals surface area contributed by atoms with Crippen LogP contribution >= 0.6 is 0 Å². The van der Waals surface area contributed by atoms with Gasteiger partial charge in [-0.1, -0.05) is 26.0 Å². The third-order valence-electron chi connectivity index (χ3n) is 2.54. The molecule has 0 aliphatic heterocycles. The minimum absolute atomic E-state index is 0.447. The topological polar surface area (TPSA) is 41.6 Å². The zero-order valence-corrected chi connectivity index (χ0v) is 9.38. The van der Waals surface area contributed by atoms with Crippen LogP contribution in [0.5, 0.6) is 0 Å². The minimum atomic E-state index is 0.447. The molecule has 1 heterocycles. The first kappa shape index (κ1) is 10.4. The van der Waals surface area contributed by atoms with Crippen molar-refractivity contribution in [1.29, 1.82) is 5.26 Å². The molecule has 0 N–H and O–H groups in total. The zero-order valence-electron chi connectivity index (χ0n) is 9.38. The summed E-state index contributed by atoms with van der Waals surface area (Å²) < 4.78 is 1.76. The van der Waals surface area contributed by atoms with Gasteiger partial charge in [0.15, 0.2) is 0 Å². The number of benzene rings is 1. The van der Waals surface area contributed by atoms with Crippen LogP contribution in [0.15, 0.2) is 36.7 Å². The number of nitriles is 1. The third-order valence-corrected chi connectivity index (χ3v) is 2.54. The summed E-state index contributed by atoms with van der Waals surface area (Å²) in [5.41, 5.74) is 2.64. The van der Waals surface area contributed by atoms with E-state index in [1.807, 2.05) is 30.6 Å². The van der Waals surface area contributed by atoms with E-state index in [4.69, 9.17) is 5.26 Å². The van der Waals surface area contributed by atoms with Crippen LogP contribution in [-0.2, 0) is 0 Å². The van der Waals surface area contributed by atoms with Crippen LogP contribution in [0.2, 0.25) is 0 Å². The molecule has 0 unspecified atom stereocenters. The Morgan fingerprint density at radius 2 is 2.06 bits per heavy atom. The van der Waals surface area contributed by atoms with E-state index in [9.17, 15) is 0 Å². The molecule has 80 valence electrons. The maximum atomic E-state index is 9.00. The van der Waals surface area contributed by atoms with E-state index >= 15 is 0 Å². The second-order valence-electron chi connectivity index (χ2n) is 4.00. The maximum Gasteiger partial charge on any atom is 0.101 e. The minimum Gasteiger partial charge on any atom is -0.239 e. The quantitative estimate of drug-likeness (QED) is 0.766. The van der Waals surface area contributed by atoms with Crippen molar-refractivity contribution in [2.45, 2.75) is 19.8 Å². The molecule has 0 saturated carbocycles. The Morgan fingerprint density at radius 1 is 1.31 bits per heavy atom. The monoisotopic (exact) mass is 211 g/mol. The van der Waals surface area contributed by atoms with Gasteiger partial charge in [0, 0.05) is 6.20 Å². The van der Waals surface area contributed by atoms with E-state index in [1.165, 1.54) is 5.56 Å². The Hall–Kier alpha value is -2.08. The Morgan fingerprint density at radius 3 is 2.69 bits per heavy atom. The second-order valence-corrected chi connectivity index (χ2v) is 4.00. The van der Waals surface area contributed by atoms with Crippen molar-refractivity contribution in [3.63, 3.8) is 0 Å². The lowest BCUT2D eigenvalue weighted by Gasteiger charge is -2.03. The highest BCUT2D eigenvalue weighted by atomic mass is 15.3. The molecule has 0 amide bonds. The molecule has 0 radical (unpaired) electrons. The van der Waals surface area contributed by atoms with E-state index in [-0.39, 0.29) is 0 Å². The summed E-state index contributed by atoms with van der Waals surface area (Å²) in [6.07, 6.45) is 3.82. The fourth-order valence-corrected chi connectivity index (χ4v) is 1.53. The van der Waals surface area contributed by atoms with Crippen LogP contribution < -0.4 is 0 Å². The highest BCUT2D eigenvalue weighted by molar-refractivity contribution is 5.48. The molecular weight excluding hydrogens is 198 g/mol. The second kappa shape index (κ2) is 4.19. The van der Waals surface area contributed by atoms with Gasteiger partial charge in [0.05, 0.1) is 17.4 Å². The molecule has 0 aliphatic rings. The summed E-state index contributed by atoms with van der Waals surface area (Å²) in [5, 5.41) is 13.3. The number of nitrogens with zero attached hydrogens (tertiary/aromatic N) is 3. The van der Waals surface area contributed by atoms with Gasteiger partial charge in [0.25, 0.3) is 0 Å². The predicted octanol–water partition coefficient (Wildman–Crippen LogP) is 2.87. The first-order valence-corrected chi connectivity index (χ1v) is 5.26. The average molecular weight is 211 g/mol. The largest absolute Gasteiger partial charge is 0.239 e. The zero-order chi connectivity index (χ0) is 11.5. The van der Waals surface area contributed by atoms with Crippen molar-refractivity contribution >= 4 is 0 Å². The molecule has 0 fully saturated rings. The fraction of sp³-hybridized carbons (Fsp3) is 0.231. The van der Waals surface area contributed by atoms with Gasteiger partial charge in [-0.2, -0.15) is 10.4 Å². The molecule has 0 spiro atoms. The summed E-state index contributed by atoms with van der Waals surface area (Å²) in [7, 11) is 0. The lowest BCUT2D eigenvalue weighted by Crippen LogP contribution is -1.97. The fourth-order valence-electron chi connectivity index (χ4n) is 1.53. The van der Waals surface area contributed by atoms with E-state index in [0.717, 1.165) is 5.69 Å². The molecule has 2 rings (SSSR count). The van der Waals surface area contributed by atoms with E-state index in [1.54, 1.807) is 10.7 Å². The highest BCUT2D eigenvalue weighted by Gasteiger charge is 2.07. The first-order chi connectivity index (χ1) is 7.72. The van der Waals surface area contributed by atoms with Crippen molar-refractivity contribution < 1.29 is 0 Å². The molecular formula is C13H13N3. The Kier molecular flexibility index (Phi) is 2.74. The summed E-state index contributed by atoms with van der Waals surface area (Å²) in [6, 6.07) is 9.63. The van der Waals surface area contributed by atoms with Crippen molar-refractivity contribution in [3.05, 3.63) is 47.8 Å². The van der Waals surface area contributed by atoms with Crippen molar-refractivity contribution in [2.75, 3.05) is 0 Å². The van der Waals surface area contributed by atoms with Crippen LogP contribution in [0.25, 0.3) is 5.69 Å². The van der Waals surface area contributed by atoms with Gasteiger partial charge in [-0.05, 0) is 23.6 Å². The molecule has 16 heavy (non-hydrogen) atoms. The van der Waals surface area contributed by atoms with Crippen LogP contribution in [0.3, 0.4) is 0 Å². The van der Waals surface area contributed by atoms with Gasteiger partial charge in [0.2, 0.25) is 0 Å². The number of hydrogen-bond donors (Lipinski definition) is 0. The van der Waals surface area contributed by atoms with Crippen molar-refractivity contribution in [3.8, 4) is 11.8 Å². The maximum absolute atomic E-state index is 9.00. The standard InChI is InChI=1S/C13H13N3/c1-10(2)12-8-15-16(9-12)13-6-4-3-5-11(13)7-14/h3-6,8-10H,1-2H3. The molecule has 1 aromatic heterocycles. The number of rotatable bonds is 2. The molecule has 0 atom stereocenters. The van der Waals surface area contributed by atoms with E-state index in [0.29, 0.717) is 11.5 Å². The van der Waals surface area contributed by atoms with Gasteiger partial charge in [-0.15, -0.1) is 0 Å². The Bertz CT molecular complexity index is 532. The molecule has 3 nitrogen and oxygen atoms in total. The SMILES string of the molecule is CC(C)c1cnn(-c2ccccc2C#N)c1. The summed E-state index contributed by atoms with van der Waals surface area (Å²) in [4.78, 5) is 0. The van der Waals surface area contributed by atoms with Crippen molar-refractivity contribution in [1.82, 2.24) is 9.78 Å². The van der Waals surface area contributed by atoms with Gasteiger partial charge < -0.3 is 0 Å². The van der Waals surface area contributed by atoms with Gasteiger partial charge in [-0.25, -0.2) is 4.68 Å². The smallest absolute Gasteiger partial charge is 0.101 e. The van der Waals surface area contributed by atoms with Crippen molar-refractivity contribution in [2.24, 2.45) is 0 Å². The van der Waals surface area contributed by atoms with Gasteiger partial charge in [-0.3, -0.25) is 0 Å². The predicted molar refractivity (Wildman–Crippen MR) is 62.4 cm³/mol. The molecule has 0 aliphatic carbocycles. The Balaban J connectivity index is 2.47. The molecule has 0 saturated heterocycles. The normalized spacial score (nSPS) is 10.4. The summed E-state index contributed by atoms with van der Waals surface area (Å²) in [5.74, 6) is 0.447. The lowest BCUT2D eigenvalue weighted by atomic mass is 10.1. The summed E-state index contributed by atoms with van der Waals surface area (Å²) >= 11 is 0. The van der Waals surface area contributed by atoms with Crippen LogP contribution in [0.1, 0.15) is 30.9 Å². The summed E-state index contributed by atoms with van der Waals surface area (Å²) in [6.45, 7) is 4.25. The van der Waals surface area contributed by atoms with E-state index in [2.05, 4.69) is 25.0 Å². The van der Waals surface area contributed by atoms with Gasteiger partial charge >= 0.3 is 0 Å². The number of aromatic nitrogens is 2. The number of para-hydroxylation sites is 1. The lowest BCUT2D eigenvalue weighted by molar-refractivity contribution is 0.857. The molecule has 0 bridgehead atoms.